The molecule has 3 unspecified atom stereocenters. The Balaban J connectivity index is 2.32. The van der Waals surface area contributed by atoms with E-state index in [2.05, 4.69) is 0 Å². The summed E-state index contributed by atoms with van der Waals surface area (Å²) in [5.41, 5.74) is 0. The largest absolute Gasteiger partial charge is 0.391 e. The van der Waals surface area contributed by atoms with Crippen molar-refractivity contribution in [2.45, 2.75) is 25.6 Å². The van der Waals surface area contributed by atoms with E-state index in [1.807, 2.05) is 0 Å². The van der Waals surface area contributed by atoms with Crippen molar-refractivity contribution in [2.75, 3.05) is 13.2 Å². The van der Waals surface area contributed by atoms with Crippen LogP contribution in [0.5, 0.6) is 0 Å². The maximum absolute atomic E-state index is 9.30. The van der Waals surface area contributed by atoms with Crippen molar-refractivity contribution in [3.8, 4) is 0 Å². The van der Waals surface area contributed by atoms with Gasteiger partial charge in [-0.15, -0.1) is 0 Å². The molecule has 3 nitrogen and oxygen atoms in total. The maximum atomic E-state index is 9.30. The topological polar surface area (TPSA) is 49.7 Å². The average molecular weight is 146 g/mol. The molecule has 0 amide bonds. The van der Waals surface area contributed by atoms with Crippen LogP contribution < -0.4 is 0 Å². The lowest BCUT2D eigenvalue weighted by atomic mass is 9.98. The van der Waals surface area contributed by atoms with E-state index in [1.165, 1.54) is 0 Å². The molecule has 0 aromatic heterocycles. The zero-order chi connectivity index (χ0) is 7.56. The molecule has 1 fully saturated rings. The fourth-order valence-corrected chi connectivity index (χ4v) is 1.22. The van der Waals surface area contributed by atoms with Crippen molar-refractivity contribution in [3.63, 3.8) is 0 Å². The molecule has 2 N–H and O–H groups in total. The first-order chi connectivity index (χ1) is 4.72. The SMILES string of the molecule is CC(O)C(O)C1CCOC1. The van der Waals surface area contributed by atoms with Crippen LogP contribution in [0.15, 0.2) is 0 Å². The van der Waals surface area contributed by atoms with Crippen LogP contribution in [0.2, 0.25) is 0 Å². The van der Waals surface area contributed by atoms with Crippen molar-refractivity contribution >= 4 is 0 Å². The molecule has 0 radical (unpaired) electrons. The highest BCUT2D eigenvalue weighted by atomic mass is 16.5. The van der Waals surface area contributed by atoms with Crippen LogP contribution in [0.1, 0.15) is 13.3 Å². The number of hydrogen-bond donors (Lipinski definition) is 2. The van der Waals surface area contributed by atoms with E-state index in [4.69, 9.17) is 9.84 Å². The van der Waals surface area contributed by atoms with Crippen molar-refractivity contribution < 1.29 is 14.9 Å². The van der Waals surface area contributed by atoms with Crippen molar-refractivity contribution in [3.05, 3.63) is 0 Å². The minimum Gasteiger partial charge on any atom is -0.391 e. The lowest BCUT2D eigenvalue weighted by Gasteiger charge is -2.18. The summed E-state index contributed by atoms with van der Waals surface area (Å²) in [5.74, 6) is 0.139. The fourth-order valence-electron chi connectivity index (χ4n) is 1.22. The Kier molecular flexibility index (Phi) is 2.65. The summed E-state index contributed by atoms with van der Waals surface area (Å²) in [5, 5.41) is 18.3. The smallest absolute Gasteiger partial charge is 0.0847 e. The first-order valence-corrected chi connectivity index (χ1v) is 3.65. The average Bonchev–Trinajstić information content (AvgIpc) is 2.36. The van der Waals surface area contributed by atoms with Gasteiger partial charge in [-0.25, -0.2) is 0 Å². The Hall–Kier alpha value is -0.120. The van der Waals surface area contributed by atoms with Gasteiger partial charge in [-0.3, -0.25) is 0 Å². The van der Waals surface area contributed by atoms with Gasteiger partial charge in [-0.2, -0.15) is 0 Å². The molecular formula is C7H14O3. The van der Waals surface area contributed by atoms with E-state index < -0.39 is 12.2 Å². The fraction of sp³-hybridized carbons (Fsp3) is 1.00. The molecule has 0 saturated carbocycles. The Morgan fingerprint density at radius 1 is 1.50 bits per heavy atom. The highest BCUT2D eigenvalue weighted by Crippen LogP contribution is 2.18. The Labute approximate surface area is 60.6 Å². The quantitative estimate of drug-likeness (QED) is 0.565. The van der Waals surface area contributed by atoms with E-state index >= 15 is 0 Å². The summed E-state index contributed by atoms with van der Waals surface area (Å²) in [4.78, 5) is 0. The first kappa shape index (κ1) is 7.98. The van der Waals surface area contributed by atoms with Gasteiger partial charge >= 0.3 is 0 Å². The van der Waals surface area contributed by atoms with Gasteiger partial charge in [0.2, 0.25) is 0 Å². The summed E-state index contributed by atoms with van der Waals surface area (Å²) in [6.07, 6.45) is -0.374. The van der Waals surface area contributed by atoms with Gasteiger partial charge in [0.05, 0.1) is 18.8 Å². The second-order valence-electron chi connectivity index (χ2n) is 2.85. The van der Waals surface area contributed by atoms with Crippen LogP contribution >= 0.6 is 0 Å². The molecule has 1 aliphatic heterocycles. The number of hydrogen-bond acceptors (Lipinski definition) is 3. The molecule has 0 spiro atoms. The number of aliphatic hydroxyl groups is 2. The lowest BCUT2D eigenvalue weighted by Crippen LogP contribution is -2.31. The molecule has 1 saturated heterocycles. The van der Waals surface area contributed by atoms with E-state index in [1.54, 1.807) is 6.92 Å². The van der Waals surface area contributed by atoms with Crippen molar-refractivity contribution in [1.82, 2.24) is 0 Å². The first-order valence-electron chi connectivity index (χ1n) is 3.65. The van der Waals surface area contributed by atoms with Gasteiger partial charge in [-0.05, 0) is 13.3 Å². The molecule has 3 atom stereocenters. The predicted molar refractivity (Wildman–Crippen MR) is 36.6 cm³/mol. The number of ether oxygens (including phenoxy) is 1. The molecule has 1 rings (SSSR count). The third-order valence-electron chi connectivity index (χ3n) is 1.94. The van der Waals surface area contributed by atoms with E-state index in [9.17, 15) is 5.11 Å². The third-order valence-corrected chi connectivity index (χ3v) is 1.94. The van der Waals surface area contributed by atoms with Gasteiger partial charge in [0.1, 0.15) is 0 Å². The number of aliphatic hydroxyl groups excluding tert-OH is 2. The molecule has 0 bridgehead atoms. The molecule has 60 valence electrons. The van der Waals surface area contributed by atoms with E-state index in [0.29, 0.717) is 13.2 Å². The van der Waals surface area contributed by atoms with Gasteiger partial charge < -0.3 is 14.9 Å². The highest BCUT2D eigenvalue weighted by molar-refractivity contribution is 4.75. The van der Waals surface area contributed by atoms with Gasteiger partial charge in [0, 0.05) is 12.5 Å². The second-order valence-corrected chi connectivity index (χ2v) is 2.85. The molecular weight excluding hydrogens is 132 g/mol. The molecule has 10 heavy (non-hydrogen) atoms. The summed E-state index contributed by atoms with van der Waals surface area (Å²) in [7, 11) is 0. The lowest BCUT2D eigenvalue weighted by molar-refractivity contribution is -0.00953. The van der Waals surface area contributed by atoms with Crippen LogP contribution in [0, 0.1) is 5.92 Å². The van der Waals surface area contributed by atoms with Crippen molar-refractivity contribution in [1.29, 1.82) is 0 Å². The van der Waals surface area contributed by atoms with Crippen LogP contribution in [-0.4, -0.2) is 35.6 Å². The summed E-state index contributed by atoms with van der Waals surface area (Å²) in [6.45, 7) is 2.91. The van der Waals surface area contributed by atoms with E-state index in [0.717, 1.165) is 6.42 Å². The van der Waals surface area contributed by atoms with Crippen LogP contribution in [0.4, 0.5) is 0 Å². The van der Waals surface area contributed by atoms with Crippen LogP contribution in [-0.2, 0) is 4.74 Å². The molecule has 0 aliphatic carbocycles. The molecule has 1 heterocycles. The van der Waals surface area contributed by atoms with Gasteiger partial charge in [0.25, 0.3) is 0 Å². The molecule has 1 aliphatic rings. The Morgan fingerprint density at radius 3 is 2.60 bits per heavy atom. The van der Waals surface area contributed by atoms with Crippen LogP contribution in [0.25, 0.3) is 0 Å². The zero-order valence-corrected chi connectivity index (χ0v) is 6.16. The van der Waals surface area contributed by atoms with Gasteiger partial charge in [-0.1, -0.05) is 0 Å². The molecule has 3 heteroatoms. The monoisotopic (exact) mass is 146 g/mol. The predicted octanol–water partition coefficient (Wildman–Crippen LogP) is -0.235. The molecule has 0 aromatic rings. The van der Waals surface area contributed by atoms with Gasteiger partial charge in [0.15, 0.2) is 0 Å². The summed E-state index contributed by atoms with van der Waals surface area (Å²) in [6, 6.07) is 0. The Bertz CT molecular complexity index is 97.0. The summed E-state index contributed by atoms with van der Waals surface area (Å²) >= 11 is 0. The second kappa shape index (κ2) is 3.32. The Morgan fingerprint density at radius 2 is 2.20 bits per heavy atom. The van der Waals surface area contributed by atoms with Crippen LogP contribution in [0.3, 0.4) is 0 Å². The molecule has 0 aromatic carbocycles. The highest BCUT2D eigenvalue weighted by Gasteiger charge is 2.26. The zero-order valence-electron chi connectivity index (χ0n) is 6.16. The maximum Gasteiger partial charge on any atom is 0.0847 e. The standard InChI is InChI=1S/C7H14O3/c1-5(8)7(9)6-2-3-10-4-6/h5-9H,2-4H2,1H3. The van der Waals surface area contributed by atoms with E-state index in [-0.39, 0.29) is 5.92 Å². The number of rotatable bonds is 2. The minimum atomic E-state index is -0.633. The normalized spacial score (nSPS) is 32.1. The minimum absolute atomic E-state index is 0.139. The third kappa shape index (κ3) is 1.68. The van der Waals surface area contributed by atoms with Crippen molar-refractivity contribution in [2.24, 2.45) is 5.92 Å². The summed E-state index contributed by atoms with van der Waals surface area (Å²) < 4.78 is 5.06.